The summed E-state index contributed by atoms with van der Waals surface area (Å²) in [7, 11) is 0. The molecule has 0 saturated carbocycles. The van der Waals surface area contributed by atoms with E-state index in [1.165, 1.54) is 5.56 Å². The van der Waals surface area contributed by atoms with E-state index in [-0.39, 0.29) is 6.04 Å². The number of hydrogen-bond acceptors (Lipinski definition) is 1. The Morgan fingerprint density at radius 3 is 2.44 bits per heavy atom. The Bertz CT molecular complexity index is 552. The summed E-state index contributed by atoms with van der Waals surface area (Å²) < 4.78 is 0. The summed E-state index contributed by atoms with van der Waals surface area (Å²) in [5, 5.41) is 4.88. The molecule has 0 fully saturated rings. The molecule has 0 aliphatic rings. The maximum atomic E-state index is 6.18. The standard InChI is InChI=1S/C15H15Cl2N/c1-10-7-8-14(17)15(9-10)18-11(2)12-5-3-4-6-13(12)16/h3-9,11,18H,1-2H3. The molecular formula is C15H15Cl2N. The number of rotatable bonds is 3. The van der Waals surface area contributed by atoms with Crippen molar-refractivity contribution in [1.82, 2.24) is 0 Å². The number of anilines is 1. The summed E-state index contributed by atoms with van der Waals surface area (Å²) in [6, 6.07) is 13.9. The molecule has 0 aliphatic carbocycles. The minimum atomic E-state index is 0.109. The van der Waals surface area contributed by atoms with Crippen LogP contribution in [0.4, 0.5) is 5.69 Å². The zero-order valence-electron chi connectivity index (χ0n) is 10.4. The minimum Gasteiger partial charge on any atom is -0.377 e. The van der Waals surface area contributed by atoms with Gasteiger partial charge in [-0.15, -0.1) is 0 Å². The summed E-state index contributed by atoms with van der Waals surface area (Å²) >= 11 is 12.4. The number of halogens is 2. The van der Waals surface area contributed by atoms with Gasteiger partial charge in [-0.25, -0.2) is 0 Å². The Balaban J connectivity index is 2.24. The topological polar surface area (TPSA) is 12.0 Å². The van der Waals surface area contributed by atoms with Crippen LogP contribution in [-0.4, -0.2) is 0 Å². The Morgan fingerprint density at radius 2 is 1.72 bits per heavy atom. The third-order valence-electron chi connectivity index (χ3n) is 2.87. The lowest BCUT2D eigenvalue weighted by atomic mass is 10.1. The number of benzene rings is 2. The largest absolute Gasteiger partial charge is 0.377 e. The third-order valence-corrected chi connectivity index (χ3v) is 3.54. The van der Waals surface area contributed by atoms with Crippen LogP contribution in [0.3, 0.4) is 0 Å². The van der Waals surface area contributed by atoms with E-state index in [0.717, 1.165) is 21.3 Å². The second kappa shape index (κ2) is 5.64. The zero-order valence-corrected chi connectivity index (χ0v) is 11.9. The van der Waals surface area contributed by atoms with Crippen molar-refractivity contribution in [2.24, 2.45) is 0 Å². The lowest BCUT2D eigenvalue weighted by Crippen LogP contribution is -2.07. The van der Waals surface area contributed by atoms with Crippen molar-refractivity contribution in [3.05, 3.63) is 63.6 Å². The van der Waals surface area contributed by atoms with Gasteiger partial charge < -0.3 is 5.32 Å². The molecule has 2 aromatic carbocycles. The van der Waals surface area contributed by atoms with Gasteiger partial charge >= 0.3 is 0 Å². The predicted octanol–water partition coefficient (Wildman–Crippen LogP) is 5.47. The summed E-state index contributed by atoms with van der Waals surface area (Å²) in [5.74, 6) is 0. The van der Waals surface area contributed by atoms with Crippen LogP contribution in [0.5, 0.6) is 0 Å². The molecule has 0 aliphatic heterocycles. The van der Waals surface area contributed by atoms with Crippen LogP contribution < -0.4 is 5.32 Å². The highest BCUT2D eigenvalue weighted by Gasteiger charge is 2.10. The van der Waals surface area contributed by atoms with E-state index >= 15 is 0 Å². The summed E-state index contributed by atoms with van der Waals surface area (Å²) in [6.45, 7) is 4.11. The first kappa shape index (κ1) is 13.3. The molecule has 18 heavy (non-hydrogen) atoms. The Kier molecular flexibility index (Phi) is 4.15. The quantitative estimate of drug-likeness (QED) is 0.785. The second-order valence-corrected chi connectivity index (χ2v) is 5.19. The molecule has 0 heterocycles. The molecule has 94 valence electrons. The summed E-state index contributed by atoms with van der Waals surface area (Å²) in [4.78, 5) is 0. The lowest BCUT2D eigenvalue weighted by molar-refractivity contribution is 0.885. The number of aryl methyl sites for hydroxylation is 1. The molecule has 0 amide bonds. The van der Waals surface area contributed by atoms with Crippen molar-refractivity contribution in [2.75, 3.05) is 5.32 Å². The summed E-state index contributed by atoms with van der Waals surface area (Å²) in [6.07, 6.45) is 0. The van der Waals surface area contributed by atoms with Gasteiger partial charge in [0.05, 0.1) is 16.8 Å². The van der Waals surface area contributed by atoms with Crippen LogP contribution in [0.15, 0.2) is 42.5 Å². The van der Waals surface area contributed by atoms with Crippen LogP contribution in [-0.2, 0) is 0 Å². The molecule has 2 rings (SSSR count). The normalized spacial score (nSPS) is 12.2. The Morgan fingerprint density at radius 1 is 1.00 bits per heavy atom. The van der Waals surface area contributed by atoms with Gasteiger partial charge in [0, 0.05) is 5.02 Å². The first-order valence-corrected chi connectivity index (χ1v) is 6.60. The Hall–Kier alpha value is -1.18. The lowest BCUT2D eigenvalue weighted by Gasteiger charge is -2.18. The van der Waals surface area contributed by atoms with E-state index in [9.17, 15) is 0 Å². The predicted molar refractivity (Wildman–Crippen MR) is 79.7 cm³/mol. The van der Waals surface area contributed by atoms with E-state index in [4.69, 9.17) is 23.2 Å². The Labute approximate surface area is 118 Å². The summed E-state index contributed by atoms with van der Waals surface area (Å²) in [5.41, 5.74) is 3.18. The number of nitrogens with one attached hydrogen (secondary N) is 1. The molecule has 1 nitrogen and oxygen atoms in total. The van der Waals surface area contributed by atoms with E-state index in [1.807, 2.05) is 49.4 Å². The minimum absolute atomic E-state index is 0.109. The average Bonchev–Trinajstić information content (AvgIpc) is 2.34. The molecule has 0 saturated heterocycles. The van der Waals surface area contributed by atoms with Gasteiger partial charge in [-0.05, 0) is 43.2 Å². The molecule has 0 spiro atoms. The molecule has 0 bridgehead atoms. The van der Waals surface area contributed by atoms with Gasteiger partial charge in [-0.2, -0.15) is 0 Å². The van der Waals surface area contributed by atoms with Crippen molar-refractivity contribution in [2.45, 2.75) is 19.9 Å². The van der Waals surface area contributed by atoms with E-state index in [0.29, 0.717) is 0 Å². The highest BCUT2D eigenvalue weighted by molar-refractivity contribution is 6.33. The van der Waals surface area contributed by atoms with Crippen LogP contribution in [0.25, 0.3) is 0 Å². The second-order valence-electron chi connectivity index (χ2n) is 4.37. The molecule has 1 atom stereocenters. The average molecular weight is 280 g/mol. The molecular weight excluding hydrogens is 265 g/mol. The zero-order chi connectivity index (χ0) is 13.1. The molecule has 3 heteroatoms. The monoisotopic (exact) mass is 279 g/mol. The first-order chi connectivity index (χ1) is 8.58. The van der Waals surface area contributed by atoms with Crippen LogP contribution in [0, 0.1) is 6.92 Å². The van der Waals surface area contributed by atoms with Crippen molar-refractivity contribution >= 4 is 28.9 Å². The maximum Gasteiger partial charge on any atom is 0.0637 e. The van der Waals surface area contributed by atoms with Crippen molar-refractivity contribution in [1.29, 1.82) is 0 Å². The van der Waals surface area contributed by atoms with Crippen molar-refractivity contribution in [3.8, 4) is 0 Å². The van der Waals surface area contributed by atoms with Gasteiger partial charge in [-0.1, -0.05) is 47.5 Å². The van der Waals surface area contributed by atoms with E-state index < -0.39 is 0 Å². The van der Waals surface area contributed by atoms with Gasteiger partial charge in [0.2, 0.25) is 0 Å². The fraction of sp³-hybridized carbons (Fsp3) is 0.200. The van der Waals surface area contributed by atoms with Gasteiger partial charge in [0.1, 0.15) is 0 Å². The SMILES string of the molecule is Cc1ccc(Cl)c(NC(C)c2ccccc2Cl)c1. The van der Waals surface area contributed by atoms with Crippen molar-refractivity contribution < 1.29 is 0 Å². The fourth-order valence-electron chi connectivity index (χ4n) is 1.89. The van der Waals surface area contributed by atoms with Gasteiger partial charge in [0.25, 0.3) is 0 Å². The maximum absolute atomic E-state index is 6.18. The van der Waals surface area contributed by atoms with Crippen molar-refractivity contribution in [3.63, 3.8) is 0 Å². The van der Waals surface area contributed by atoms with Crippen LogP contribution >= 0.6 is 23.2 Å². The van der Waals surface area contributed by atoms with E-state index in [2.05, 4.69) is 12.2 Å². The molecule has 2 aromatic rings. The van der Waals surface area contributed by atoms with Gasteiger partial charge in [0.15, 0.2) is 0 Å². The smallest absolute Gasteiger partial charge is 0.0637 e. The highest BCUT2D eigenvalue weighted by atomic mass is 35.5. The van der Waals surface area contributed by atoms with Crippen LogP contribution in [0.1, 0.15) is 24.1 Å². The van der Waals surface area contributed by atoms with Gasteiger partial charge in [-0.3, -0.25) is 0 Å². The fourth-order valence-corrected chi connectivity index (χ4v) is 2.36. The number of hydrogen-bond donors (Lipinski definition) is 1. The van der Waals surface area contributed by atoms with E-state index in [1.54, 1.807) is 0 Å². The third kappa shape index (κ3) is 2.98. The van der Waals surface area contributed by atoms with Crippen LogP contribution in [0.2, 0.25) is 10.0 Å². The molecule has 1 N–H and O–H groups in total. The highest BCUT2D eigenvalue weighted by Crippen LogP contribution is 2.29. The molecule has 1 unspecified atom stereocenters. The molecule has 0 aromatic heterocycles. The molecule has 0 radical (unpaired) electrons. The first-order valence-electron chi connectivity index (χ1n) is 5.85.